The number of benzene rings is 3. The third-order valence-electron chi connectivity index (χ3n) is 4.38. The summed E-state index contributed by atoms with van der Waals surface area (Å²) in [6.45, 7) is 5.76. The van der Waals surface area contributed by atoms with Gasteiger partial charge in [0.2, 0.25) is 0 Å². The molecule has 3 rings (SSSR count). The van der Waals surface area contributed by atoms with Crippen LogP contribution in [0.15, 0.2) is 77.8 Å². The van der Waals surface area contributed by atoms with Gasteiger partial charge in [0.05, 0.1) is 10.2 Å². The molecule has 0 unspecified atom stereocenters. The number of para-hydroxylation sites is 1. The van der Waals surface area contributed by atoms with Gasteiger partial charge in [-0.15, -0.1) is 6.58 Å². The summed E-state index contributed by atoms with van der Waals surface area (Å²) < 4.78 is 26.6. The molecule has 0 saturated carbocycles. The molecule has 4 nitrogen and oxygen atoms in total. The van der Waals surface area contributed by atoms with Crippen molar-refractivity contribution in [3.8, 4) is 11.5 Å². The van der Waals surface area contributed by atoms with E-state index in [1.807, 2.05) is 36.4 Å². The summed E-state index contributed by atoms with van der Waals surface area (Å²) in [5.74, 6) is -0.685. The SMILES string of the molecule is C=CCNc1c(Br)c(F)c(C)c(C(=O)Oc2ccccc2)c1OCc1ccccc1. The third-order valence-corrected chi connectivity index (χ3v) is 5.12. The van der Waals surface area contributed by atoms with Gasteiger partial charge in [0.25, 0.3) is 0 Å². The lowest BCUT2D eigenvalue weighted by molar-refractivity contribution is 0.0728. The lowest BCUT2D eigenvalue weighted by Crippen LogP contribution is -2.16. The zero-order valence-corrected chi connectivity index (χ0v) is 18.0. The smallest absolute Gasteiger partial charge is 0.347 e. The van der Waals surface area contributed by atoms with E-state index >= 15 is 0 Å². The number of carbonyl (C=O) groups excluding carboxylic acids is 1. The lowest BCUT2D eigenvalue weighted by Gasteiger charge is -2.20. The molecule has 0 bridgehead atoms. The van der Waals surface area contributed by atoms with E-state index in [2.05, 4.69) is 27.8 Å². The molecule has 6 heteroatoms. The predicted octanol–water partition coefficient (Wildman–Crippen LogP) is 6.29. The van der Waals surface area contributed by atoms with Crippen molar-refractivity contribution in [2.24, 2.45) is 0 Å². The number of hydrogen-bond acceptors (Lipinski definition) is 4. The molecule has 0 radical (unpaired) electrons. The van der Waals surface area contributed by atoms with Crippen LogP contribution in [0.5, 0.6) is 11.5 Å². The van der Waals surface area contributed by atoms with E-state index in [1.54, 1.807) is 30.3 Å². The molecule has 0 saturated heterocycles. The number of ether oxygens (including phenoxy) is 2. The number of nitrogens with one attached hydrogen (secondary N) is 1. The molecule has 0 amide bonds. The summed E-state index contributed by atoms with van der Waals surface area (Å²) in [5, 5.41) is 3.06. The Bertz CT molecular complexity index is 1040. The van der Waals surface area contributed by atoms with E-state index in [1.165, 1.54) is 6.92 Å². The highest BCUT2D eigenvalue weighted by molar-refractivity contribution is 9.10. The van der Waals surface area contributed by atoms with Crippen LogP contribution >= 0.6 is 15.9 Å². The Morgan fingerprint density at radius 3 is 2.40 bits per heavy atom. The van der Waals surface area contributed by atoms with Gasteiger partial charge in [-0.2, -0.15) is 0 Å². The summed E-state index contributed by atoms with van der Waals surface area (Å²) in [7, 11) is 0. The van der Waals surface area contributed by atoms with Gasteiger partial charge in [-0.1, -0.05) is 54.6 Å². The number of carbonyl (C=O) groups is 1. The van der Waals surface area contributed by atoms with E-state index in [9.17, 15) is 9.18 Å². The highest BCUT2D eigenvalue weighted by Gasteiger charge is 2.28. The fourth-order valence-corrected chi connectivity index (χ4v) is 3.50. The molecule has 30 heavy (non-hydrogen) atoms. The maximum Gasteiger partial charge on any atom is 0.347 e. The van der Waals surface area contributed by atoms with Gasteiger partial charge >= 0.3 is 5.97 Å². The van der Waals surface area contributed by atoms with Gasteiger partial charge in [-0.3, -0.25) is 0 Å². The fraction of sp³-hybridized carbons (Fsp3) is 0.125. The van der Waals surface area contributed by atoms with Crippen LogP contribution in [0.4, 0.5) is 10.1 Å². The highest BCUT2D eigenvalue weighted by atomic mass is 79.9. The summed E-state index contributed by atoms with van der Waals surface area (Å²) in [4.78, 5) is 13.0. The predicted molar refractivity (Wildman–Crippen MR) is 120 cm³/mol. The van der Waals surface area contributed by atoms with Crippen molar-refractivity contribution in [2.75, 3.05) is 11.9 Å². The number of esters is 1. The van der Waals surface area contributed by atoms with Crippen LogP contribution in [0, 0.1) is 12.7 Å². The Morgan fingerprint density at radius 2 is 1.77 bits per heavy atom. The molecule has 0 fully saturated rings. The number of halogens is 2. The molecular formula is C24H21BrFNO3. The molecule has 3 aromatic carbocycles. The molecule has 0 aliphatic rings. The Kier molecular flexibility index (Phi) is 7.25. The average Bonchev–Trinajstić information content (AvgIpc) is 2.77. The fourth-order valence-electron chi connectivity index (χ4n) is 2.88. The van der Waals surface area contributed by atoms with E-state index in [-0.39, 0.29) is 28.0 Å². The van der Waals surface area contributed by atoms with E-state index in [0.717, 1.165) is 5.56 Å². The van der Waals surface area contributed by atoms with Crippen LogP contribution in [0.3, 0.4) is 0 Å². The molecule has 0 atom stereocenters. The van der Waals surface area contributed by atoms with Crippen LogP contribution < -0.4 is 14.8 Å². The molecule has 0 spiro atoms. The maximum absolute atomic E-state index is 14.9. The van der Waals surface area contributed by atoms with Gasteiger partial charge in [-0.05, 0) is 40.5 Å². The van der Waals surface area contributed by atoms with Gasteiger partial charge in [-0.25, -0.2) is 9.18 Å². The monoisotopic (exact) mass is 469 g/mol. The summed E-state index contributed by atoms with van der Waals surface area (Å²) in [5.41, 5.74) is 1.40. The van der Waals surface area contributed by atoms with Crippen molar-refractivity contribution in [1.82, 2.24) is 0 Å². The van der Waals surface area contributed by atoms with Crippen molar-refractivity contribution in [3.05, 3.63) is 100 Å². The zero-order valence-electron chi connectivity index (χ0n) is 16.5. The average molecular weight is 470 g/mol. The molecule has 0 aromatic heterocycles. The van der Waals surface area contributed by atoms with Crippen LogP contribution in [-0.4, -0.2) is 12.5 Å². The van der Waals surface area contributed by atoms with Crippen LogP contribution in [0.25, 0.3) is 0 Å². The van der Waals surface area contributed by atoms with Crippen molar-refractivity contribution in [2.45, 2.75) is 13.5 Å². The van der Waals surface area contributed by atoms with Crippen molar-refractivity contribution in [1.29, 1.82) is 0 Å². The van der Waals surface area contributed by atoms with Crippen LogP contribution in [0.2, 0.25) is 0 Å². The first-order valence-corrected chi connectivity index (χ1v) is 10.1. The first-order chi connectivity index (χ1) is 14.5. The van der Waals surface area contributed by atoms with Gasteiger partial charge < -0.3 is 14.8 Å². The van der Waals surface area contributed by atoms with Gasteiger partial charge in [0, 0.05) is 12.1 Å². The minimum atomic E-state index is -0.699. The third kappa shape index (κ3) is 4.89. The molecule has 3 aromatic rings. The standard InChI is InChI=1S/C24H21BrFNO3/c1-3-14-27-22-20(25)21(26)16(2)19(24(28)30-18-12-8-5-9-13-18)23(22)29-15-17-10-6-4-7-11-17/h3-13,27H,1,14-15H2,2H3. The minimum absolute atomic E-state index is 0.0297. The highest BCUT2D eigenvalue weighted by Crippen LogP contribution is 2.41. The molecule has 0 aliphatic carbocycles. The number of rotatable bonds is 8. The van der Waals surface area contributed by atoms with Crippen LogP contribution in [-0.2, 0) is 6.61 Å². The molecule has 154 valence electrons. The second-order valence-corrected chi connectivity index (χ2v) is 7.27. The van der Waals surface area contributed by atoms with Crippen molar-refractivity contribution < 1.29 is 18.7 Å². The number of anilines is 1. The Balaban J connectivity index is 2.06. The quantitative estimate of drug-likeness (QED) is 0.239. The Morgan fingerprint density at radius 1 is 1.13 bits per heavy atom. The van der Waals surface area contributed by atoms with Gasteiger partial charge in [0.1, 0.15) is 23.7 Å². The Labute approximate surface area is 183 Å². The summed E-state index contributed by atoms with van der Waals surface area (Å²) >= 11 is 3.28. The van der Waals surface area contributed by atoms with Crippen molar-refractivity contribution in [3.63, 3.8) is 0 Å². The van der Waals surface area contributed by atoms with E-state index < -0.39 is 11.8 Å². The van der Waals surface area contributed by atoms with Crippen molar-refractivity contribution >= 4 is 27.6 Å². The summed E-state index contributed by atoms with van der Waals surface area (Å²) in [6.07, 6.45) is 1.63. The van der Waals surface area contributed by atoms with Gasteiger partial charge in [0.15, 0.2) is 5.75 Å². The molecule has 0 heterocycles. The topological polar surface area (TPSA) is 47.6 Å². The largest absolute Gasteiger partial charge is 0.486 e. The first-order valence-electron chi connectivity index (χ1n) is 9.33. The maximum atomic E-state index is 14.9. The lowest BCUT2D eigenvalue weighted by atomic mass is 10.0. The molecule has 1 N–H and O–H groups in total. The Hall–Kier alpha value is -3.12. The van der Waals surface area contributed by atoms with E-state index in [0.29, 0.717) is 18.0 Å². The second kappa shape index (κ2) is 10.1. The minimum Gasteiger partial charge on any atom is -0.486 e. The van der Waals surface area contributed by atoms with Crippen LogP contribution in [0.1, 0.15) is 21.5 Å². The summed E-state index contributed by atoms with van der Waals surface area (Å²) in [6, 6.07) is 18.1. The number of hydrogen-bond donors (Lipinski definition) is 1. The normalized spacial score (nSPS) is 10.4. The van der Waals surface area contributed by atoms with E-state index in [4.69, 9.17) is 9.47 Å². The zero-order chi connectivity index (χ0) is 21.5. The molecular weight excluding hydrogens is 449 g/mol. The molecule has 0 aliphatic heterocycles. The second-order valence-electron chi connectivity index (χ2n) is 6.48. The first kappa shape index (κ1) is 21.6.